The Morgan fingerprint density at radius 1 is 1.42 bits per heavy atom. The maximum absolute atomic E-state index is 5.82. The van der Waals surface area contributed by atoms with Gasteiger partial charge in [-0.2, -0.15) is 0 Å². The second-order valence-corrected chi connectivity index (χ2v) is 3.38. The average Bonchev–Trinajstić information content (AvgIpc) is 2.04. The lowest BCUT2D eigenvalue weighted by Gasteiger charge is -2.17. The predicted octanol–water partition coefficient (Wildman–Crippen LogP) is 1.84. The highest BCUT2D eigenvalue weighted by atomic mass is 14.6. The summed E-state index contributed by atoms with van der Waals surface area (Å²) in [5, 5.41) is 0. The minimum Gasteiger partial charge on any atom is -0.327 e. The summed E-state index contributed by atoms with van der Waals surface area (Å²) >= 11 is 0. The van der Waals surface area contributed by atoms with E-state index in [1.54, 1.807) is 0 Å². The van der Waals surface area contributed by atoms with Gasteiger partial charge in [0.05, 0.1) is 0 Å². The van der Waals surface area contributed by atoms with Gasteiger partial charge in [0.15, 0.2) is 0 Å². The molecule has 0 aliphatic heterocycles. The molecule has 0 aromatic carbocycles. The van der Waals surface area contributed by atoms with Gasteiger partial charge in [0.25, 0.3) is 0 Å². The van der Waals surface area contributed by atoms with E-state index in [0.717, 1.165) is 0 Å². The Labute approximate surface area is 73.8 Å². The Morgan fingerprint density at radius 2 is 2.08 bits per heavy atom. The summed E-state index contributed by atoms with van der Waals surface area (Å²) in [6.07, 6.45) is 3.70. The smallest absolute Gasteiger partial charge is 0.0299 e. The van der Waals surface area contributed by atoms with Crippen LogP contribution in [0, 0.1) is 6.92 Å². The summed E-state index contributed by atoms with van der Waals surface area (Å²) < 4.78 is 0. The zero-order valence-electron chi connectivity index (χ0n) is 7.91. The van der Waals surface area contributed by atoms with Crippen LogP contribution in [0.4, 0.5) is 0 Å². The molecule has 0 radical (unpaired) electrons. The molecule has 0 amide bonds. The van der Waals surface area contributed by atoms with Crippen molar-refractivity contribution in [3.8, 4) is 0 Å². The Balaban J connectivity index is 2.94. The molecule has 1 aromatic heterocycles. The minimum atomic E-state index is 0.200. The predicted molar refractivity (Wildman–Crippen MR) is 51.0 cm³/mol. The molecule has 2 N–H and O–H groups in total. The van der Waals surface area contributed by atoms with E-state index in [-0.39, 0.29) is 6.04 Å². The van der Waals surface area contributed by atoms with Crippen molar-refractivity contribution in [2.45, 2.75) is 32.7 Å². The van der Waals surface area contributed by atoms with Crippen molar-refractivity contribution in [1.82, 2.24) is 4.98 Å². The molecule has 2 atom stereocenters. The first kappa shape index (κ1) is 9.20. The van der Waals surface area contributed by atoms with Crippen LogP contribution in [0.5, 0.6) is 0 Å². The third-order valence-electron chi connectivity index (χ3n) is 2.34. The molecule has 0 saturated carbocycles. The van der Waals surface area contributed by atoms with Gasteiger partial charge in [0.2, 0.25) is 0 Å². The van der Waals surface area contributed by atoms with Gasteiger partial charge >= 0.3 is 0 Å². The molecule has 0 spiro atoms. The van der Waals surface area contributed by atoms with E-state index >= 15 is 0 Å². The number of rotatable bonds is 2. The largest absolute Gasteiger partial charge is 0.327 e. The van der Waals surface area contributed by atoms with Gasteiger partial charge in [-0.25, -0.2) is 0 Å². The molecule has 0 bridgehead atoms. The van der Waals surface area contributed by atoms with Gasteiger partial charge in [-0.15, -0.1) is 0 Å². The lowest BCUT2D eigenvalue weighted by molar-refractivity contribution is 0.609. The number of hydrogen-bond acceptors (Lipinski definition) is 2. The van der Waals surface area contributed by atoms with E-state index in [2.05, 4.69) is 18.8 Å². The van der Waals surface area contributed by atoms with Crippen molar-refractivity contribution in [3.63, 3.8) is 0 Å². The minimum absolute atomic E-state index is 0.200. The number of nitrogens with two attached hydrogens (primary N) is 1. The first-order valence-electron chi connectivity index (χ1n) is 4.29. The molecule has 2 nitrogen and oxygen atoms in total. The second kappa shape index (κ2) is 3.68. The van der Waals surface area contributed by atoms with Crippen molar-refractivity contribution >= 4 is 0 Å². The van der Waals surface area contributed by atoms with E-state index in [0.29, 0.717) is 5.92 Å². The molecule has 0 saturated heterocycles. The van der Waals surface area contributed by atoms with E-state index < -0.39 is 0 Å². The Bertz CT molecular complexity index is 256. The summed E-state index contributed by atoms with van der Waals surface area (Å²) in [4.78, 5) is 4.05. The summed E-state index contributed by atoms with van der Waals surface area (Å²) in [5.74, 6) is 0.410. The number of hydrogen-bond donors (Lipinski definition) is 1. The number of pyridine rings is 1. The van der Waals surface area contributed by atoms with Crippen LogP contribution in [-0.4, -0.2) is 11.0 Å². The van der Waals surface area contributed by atoms with Crippen LogP contribution in [0.25, 0.3) is 0 Å². The molecule has 0 aliphatic carbocycles. The highest BCUT2D eigenvalue weighted by molar-refractivity contribution is 5.26. The van der Waals surface area contributed by atoms with Crippen LogP contribution < -0.4 is 5.73 Å². The topological polar surface area (TPSA) is 38.9 Å². The van der Waals surface area contributed by atoms with Crippen LogP contribution in [-0.2, 0) is 0 Å². The van der Waals surface area contributed by atoms with Gasteiger partial charge in [-0.3, -0.25) is 4.98 Å². The normalized spacial score (nSPS) is 15.7. The van der Waals surface area contributed by atoms with Gasteiger partial charge < -0.3 is 5.73 Å². The van der Waals surface area contributed by atoms with Gasteiger partial charge in [-0.05, 0) is 37.0 Å². The fourth-order valence-electron chi connectivity index (χ4n) is 1.28. The lowest BCUT2D eigenvalue weighted by Crippen LogP contribution is -2.23. The summed E-state index contributed by atoms with van der Waals surface area (Å²) in [6, 6.07) is 2.25. The zero-order chi connectivity index (χ0) is 9.14. The molecule has 0 aliphatic rings. The van der Waals surface area contributed by atoms with Crippen molar-refractivity contribution in [2.24, 2.45) is 5.73 Å². The van der Waals surface area contributed by atoms with Crippen molar-refractivity contribution < 1.29 is 0 Å². The highest BCUT2D eigenvalue weighted by Gasteiger charge is 2.11. The summed E-state index contributed by atoms with van der Waals surface area (Å²) in [5.41, 5.74) is 8.35. The maximum Gasteiger partial charge on any atom is 0.0299 e. The number of nitrogens with zero attached hydrogens (tertiary/aromatic N) is 1. The van der Waals surface area contributed by atoms with Gasteiger partial charge in [0.1, 0.15) is 0 Å². The van der Waals surface area contributed by atoms with Crippen molar-refractivity contribution in [1.29, 1.82) is 0 Å². The molecule has 1 rings (SSSR count). The fraction of sp³-hybridized carbons (Fsp3) is 0.500. The lowest BCUT2D eigenvalue weighted by atomic mass is 9.93. The number of aryl methyl sites for hydroxylation is 1. The van der Waals surface area contributed by atoms with Crippen LogP contribution in [0.15, 0.2) is 18.5 Å². The molecular weight excluding hydrogens is 148 g/mol. The molecule has 12 heavy (non-hydrogen) atoms. The standard InChI is InChI=1S/C10H16N2/c1-7-6-12-5-4-10(7)8(2)9(3)11/h4-6,8-9H,11H2,1-3H3. The van der Waals surface area contributed by atoms with Crippen LogP contribution in [0.1, 0.15) is 30.9 Å². The first-order valence-corrected chi connectivity index (χ1v) is 4.29. The van der Waals surface area contributed by atoms with E-state index in [1.807, 2.05) is 25.4 Å². The zero-order valence-corrected chi connectivity index (χ0v) is 7.91. The van der Waals surface area contributed by atoms with Gasteiger partial charge in [-0.1, -0.05) is 6.92 Å². The Morgan fingerprint density at radius 3 is 2.58 bits per heavy atom. The van der Waals surface area contributed by atoms with E-state index in [4.69, 9.17) is 5.73 Å². The third kappa shape index (κ3) is 1.83. The van der Waals surface area contributed by atoms with Crippen molar-refractivity contribution in [2.75, 3.05) is 0 Å². The third-order valence-corrected chi connectivity index (χ3v) is 2.34. The average molecular weight is 164 g/mol. The molecular formula is C10H16N2. The monoisotopic (exact) mass is 164 g/mol. The van der Waals surface area contributed by atoms with Crippen LogP contribution in [0.2, 0.25) is 0 Å². The van der Waals surface area contributed by atoms with Crippen molar-refractivity contribution in [3.05, 3.63) is 29.6 Å². The van der Waals surface area contributed by atoms with E-state index in [9.17, 15) is 0 Å². The fourth-order valence-corrected chi connectivity index (χ4v) is 1.28. The molecule has 1 heterocycles. The molecule has 2 unspecified atom stereocenters. The summed E-state index contributed by atoms with van der Waals surface area (Å²) in [7, 11) is 0. The Kier molecular flexibility index (Phi) is 2.82. The van der Waals surface area contributed by atoms with E-state index in [1.165, 1.54) is 11.1 Å². The second-order valence-electron chi connectivity index (χ2n) is 3.38. The molecule has 1 aromatic rings. The maximum atomic E-state index is 5.82. The van der Waals surface area contributed by atoms with Crippen LogP contribution in [0.3, 0.4) is 0 Å². The highest BCUT2D eigenvalue weighted by Crippen LogP contribution is 2.20. The molecule has 0 fully saturated rings. The summed E-state index contributed by atoms with van der Waals surface area (Å²) in [6.45, 7) is 6.25. The van der Waals surface area contributed by atoms with Gasteiger partial charge in [0, 0.05) is 18.4 Å². The molecule has 2 heteroatoms. The number of aromatic nitrogens is 1. The SMILES string of the molecule is Cc1cnccc1C(C)C(C)N. The molecule has 66 valence electrons. The van der Waals surface area contributed by atoms with Crippen LogP contribution >= 0.6 is 0 Å². The Hall–Kier alpha value is -0.890. The first-order chi connectivity index (χ1) is 5.63. The quantitative estimate of drug-likeness (QED) is 0.724.